The second-order valence-corrected chi connectivity index (χ2v) is 5.02. The van der Waals surface area contributed by atoms with Crippen molar-refractivity contribution in [2.45, 2.75) is 12.8 Å². The Bertz CT molecular complexity index is 430. The van der Waals surface area contributed by atoms with Crippen LogP contribution in [0.2, 0.25) is 0 Å². The second-order valence-electron chi connectivity index (χ2n) is 5.02. The van der Waals surface area contributed by atoms with E-state index in [0.717, 1.165) is 31.7 Å². The van der Waals surface area contributed by atoms with Gasteiger partial charge in [0.05, 0.1) is 6.61 Å². The molecule has 19 heavy (non-hydrogen) atoms. The molecule has 3 N–H and O–H groups in total. The fourth-order valence-electron chi connectivity index (χ4n) is 2.26. The van der Waals surface area contributed by atoms with Crippen molar-refractivity contribution in [1.29, 1.82) is 0 Å². The first-order valence-electron chi connectivity index (χ1n) is 6.60. The molecule has 5 nitrogen and oxygen atoms in total. The minimum absolute atomic E-state index is 0.115. The molecule has 2 amide bonds. The number of nitrogens with zero attached hydrogens (tertiary/aromatic N) is 1. The van der Waals surface area contributed by atoms with Gasteiger partial charge in [-0.25, -0.2) is 4.79 Å². The van der Waals surface area contributed by atoms with Crippen LogP contribution in [-0.4, -0.2) is 37.7 Å². The van der Waals surface area contributed by atoms with Crippen LogP contribution in [0.1, 0.15) is 12.8 Å². The van der Waals surface area contributed by atoms with Crippen LogP contribution in [-0.2, 0) is 4.74 Å². The molecule has 1 fully saturated rings. The highest BCUT2D eigenvalue weighted by Gasteiger charge is 2.18. The third-order valence-corrected chi connectivity index (χ3v) is 3.27. The van der Waals surface area contributed by atoms with Crippen LogP contribution >= 0.6 is 0 Å². The van der Waals surface area contributed by atoms with Gasteiger partial charge in [0.2, 0.25) is 0 Å². The summed E-state index contributed by atoms with van der Waals surface area (Å²) in [4.78, 5) is 13.7. The largest absolute Gasteiger partial charge is 0.399 e. The highest BCUT2D eigenvalue weighted by atomic mass is 16.5. The van der Waals surface area contributed by atoms with Crippen molar-refractivity contribution in [3.8, 4) is 0 Å². The second kappa shape index (κ2) is 6.43. The summed E-state index contributed by atoms with van der Waals surface area (Å²) in [7, 11) is 1.80. The van der Waals surface area contributed by atoms with E-state index < -0.39 is 0 Å². The number of amides is 2. The van der Waals surface area contributed by atoms with Crippen molar-refractivity contribution in [2.24, 2.45) is 5.92 Å². The molecule has 1 aromatic carbocycles. The van der Waals surface area contributed by atoms with Gasteiger partial charge in [0, 0.05) is 37.5 Å². The summed E-state index contributed by atoms with van der Waals surface area (Å²) in [6.07, 6.45) is 2.20. The monoisotopic (exact) mass is 263 g/mol. The van der Waals surface area contributed by atoms with Gasteiger partial charge in [0.25, 0.3) is 0 Å². The number of hydrogen-bond donors (Lipinski definition) is 2. The maximum Gasteiger partial charge on any atom is 0.321 e. The zero-order valence-electron chi connectivity index (χ0n) is 11.3. The molecule has 1 aliphatic heterocycles. The number of nitrogens with one attached hydrogen (secondary N) is 1. The van der Waals surface area contributed by atoms with Gasteiger partial charge in [0.15, 0.2) is 0 Å². The third kappa shape index (κ3) is 4.13. The Labute approximate surface area is 113 Å². The van der Waals surface area contributed by atoms with Crippen molar-refractivity contribution < 1.29 is 9.53 Å². The number of anilines is 2. The van der Waals surface area contributed by atoms with E-state index in [1.807, 2.05) is 12.1 Å². The quantitative estimate of drug-likeness (QED) is 0.821. The fourth-order valence-corrected chi connectivity index (χ4v) is 2.26. The smallest absolute Gasteiger partial charge is 0.321 e. The molecule has 0 saturated carbocycles. The molecule has 1 aromatic rings. The van der Waals surface area contributed by atoms with Crippen molar-refractivity contribution in [1.82, 2.24) is 4.90 Å². The van der Waals surface area contributed by atoms with Crippen LogP contribution in [0.4, 0.5) is 16.2 Å². The predicted octanol–water partition coefficient (Wildman–Crippen LogP) is 2.16. The first-order chi connectivity index (χ1) is 9.15. The van der Waals surface area contributed by atoms with E-state index in [1.54, 1.807) is 24.1 Å². The van der Waals surface area contributed by atoms with E-state index in [9.17, 15) is 4.79 Å². The summed E-state index contributed by atoms with van der Waals surface area (Å²) >= 11 is 0. The fraction of sp³-hybridized carbons (Fsp3) is 0.500. The number of hydrogen-bond acceptors (Lipinski definition) is 3. The Morgan fingerprint density at radius 2 is 2.42 bits per heavy atom. The maximum atomic E-state index is 12.0. The topological polar surface area (TPSA) is 67.6 Å². The molecule has 0 bridgehead atoms. The number of rotatable bonds is 3. The van der Waals surface area contributed by atoms with Gasteiger partial charge < -0.3 is 20.7 Å². The summed E-state index contributed by atoms with van der Waals surface area (Å²) in [6.45, 7) is 2.31. The van der Waals surface area contributed by atoms with Crippen molar-refractivity contribution >= 4 is 17.4 Å². The summed E-state index contributed by atoms with van der Waals surface area (Å²) in [6, 6.07) is 7.07. The Balaban J connectivity index is 1.84. The molecule has 0 aliphatic carbocycles. The SMILES string of the molecule is CN(CC1CCCOC1)C(=O)Nc1cccc(N)c1. The van der Waals surface area contributed by atoms with Crippen molar-refractivity contribution in [3.05, 3.63) is 24.3 Å². The highest BCUT2D eigenvalue weighted by Crippen LogP contribution is 2.16. The first kappa shape index (κ1) is 13.7. The van der Waals surface area contributed by atoms with E-state index in [0.29, 0.717) is 18.2 Å². The number of urea groups is 1. The standard InChI is InChI=1S/C14H21N3O2/c1-17(9-11-4-3-7-19-10-11)14(18)16-13-6-2-5-12(15)8-13/h2,5-6,8,11H,3-4,7,9-10,15H2,1H3,(H,16,18). The zero-order valence-corrected chi connectivity index (χ0v) is 11.3. The van der Waals surface area contributed by atoms with Gasteiger partial charge in [-0.2, -0.15) is 0 Å². The summed E-state index contributed by atoms with van der Waals surface area (Å²) in [5.41, 5.74) is 7.04. The number of benzene rings is 1. The highest BCUT2D eigenvalue weighted by molar-refractivity contribution is 5.89. The van der Waals surface area contributed by atoms with Crippen LogP contribution in [0.15, 0.2) is 24.3 Å². The lowest BCUT2D eigenvalue weighted by molar-refractivity contribution is 0.0464. The molecule has 104 valence electrons. The Kier molecular flexibility index (Phi) is 4.63. The van der Waals surface area contributed by atoms with Crippen LogP contribution in [0.5, 0.6) is 0 Å². The average Bonchev–Trinajstić information content (AvgIpc) is 2.40. The van der Waals surface area contributed by atoms with Crippen LogP contribution in [0.3, 0.4) is 0 Å². The molecule has 1 saturated heterocycles. The van der Waals surface area contributed by atoms with Crippen LogP contribution in [0, 0.1) is 5.92 Å². The number of carbonyl (C=O) groups excluding carboxylic acids is 1. The Hall–Kier alpha value is -1.75. The average molecular weight is 263 g/mol. The van der Waals surface area contributed by atoms with Crippen LogP contribution in [0.25, 0.3) is 0 Å². The molecule has 1 heterocycles. The summed E-state index contributed by atoms with van der Waals surface area (Å²) in [5, 5.41) is 2.84. The molecule has 0 aromatic heterocycles. The molecule has 1 atom stereocenters. The Morgan fingerprint density at radius 1 is 1.58 bits per heavy atom. The minimum Gasteiger partial charge on any atom is -0.399 e. The van der Waals surface area contributed by atoms with E-state index in [2.05, 4.69) is 5.32 Å². The van der Waals surface area contributed by atoms with Gasteiger partial charge in [-0.05, 0) is 31.0 Å². The molecule has 2 rings (SSSR count). The van der Waals surface area contributed by atoms with Gasteiger partial charge in [-0.1, -0.05) is 6.07 Å². The lowest BCUT2D eigenvalue weighted by atomic mass is 10.0. The van der Waals surface area contributed by atoms with Gasteiger partial charge in [0.1, 0.15) is 0 Å². The third-order valence-electron chi connectivity index (χ3n) is 3.27. The Morgan fingerprint density at radius 3 is 3.11 bits per heavy atom. The van der Waals surface area contributed by atoms with E-state index >= 15 is 0 Å². The van der Waals surface area contributed by atoms with E-state index in [4.69, 9.17) is 10.5 Å². The zero-order chi connectivity index (χ0) is 13.7. The first-order valence-corrected chi connectivity index (χ1v) is 6.60. The van der Waals surface area contributed by atoms with E-state index in [1.165, 1.54) is 0 Å². The number of ether oxygens (including phenoxy) is 1. The molecule has 1 aliphatic rings. The van der Waals surface area contributed by atoms with Crippen LogP contribution < -0.4 is 11.1 Å². The van der Waals surface area contributed by atoms with Gasteiger partial charge >= 0.3 is 6.03 Å². The molecular weight excluding hydrogens is 242 g/mol. The maximum absolute atomic E-state index is 12.0. The van der Waals surface area contributed by atoms with Gasteiger partial charge in [-0.15, -0.1) is 0 Å². The molecule has 1 unspecified atom stereocenters. The molecule has 0 radical (unpaired) electrons. The summed E-state index contributed by atoms with van der Waals surface area (Å²) < 4.78 is 5.42. The minimum atomic E-state index is -0.115. The van der Waals surface area contributed by atoms with E-state index in [-0.39, 0.29) is 6.03 Å². The van der Waals surface area contributed by atoms with Gasteiger partial charge in [-0.3, -0.25) is 0 Å². The number of carbonyl (C=O) groups is 1. The van der Waals surface area contributed by atoms with Crippen molar-refractivity contribution in [3.63, 3.8) is 0 Å². The predicted molar refractivity (Wildman–Crippen MR) is 76.0 cm³/mol. The lowest BCUT2D eigenvalue weighted by Gasteiger charge is -2.27. The molecular formula is C14H21N3O2. The number of nitrogens with two attached hydrogens (primary N) is 1. The normalized spacial score (nSPS) is 18.9. The molecule has 5 heteroatoms. The number of nitrogen functional groups attached to an aromatic ring is 1. The van der Waals surface area contributed by atoms with Crippen molar-refractivity contribution in [2.75, 3.05) is 37.9 Å². The summed E-state index contributed by atoms with van der Waals surface area (Å²) in [5.74, 6) is 0.436. The molecule has 0 spiro atoms. The lowest BCUT2D eigenvalue weighted by Crippen LogP contribution is -2.37.